The smallest absolute Gasteiger partial charge is 0.194 e. The van der Waals surface area contributed by atoms with Crippen LogP contribution in [0, 0.1) is 10.8 Å². The van der Waals surface area contributed by atoms with Gasteiger partial charge in [0.2, 0.25) is 0 Å². The van der Waals surface area contributed by atoms with Crippen LogP contribution < -0.4 is 0 Å². The number of rotatable bonds is 0. The van der Waals surface area contributed by atoms with Gasteiger partial charge in [0.05, 0.1) is 0 Å². The largest absolute Gasteiger partial charge is 0.289 e. The Kier molecular flexibility index (Phi) is 3.10. The Morgan fingerprint density at radius 3 is 1.00 bits per heavy atom. The molecule has 0 saturated carbocycles. The summed E-state index contributed by atoms with van der Waals surface area (Å²) < 4.78 is 0. The third-order valence-corrected chi connectivity index (χ3v) is 4.28. The minimum absolute atomic E-state index is 0.0678. The second-order valence-corrected chi connectivity index (χ2v) is 7.29. The van der Waals surface area contributed by atoms with Crippen LogP contribution >= 0.6 is 0 Å². The van der Waals surface area contributed by atoms with E-state index in [-0.39, 0.29) is 22.4 Å². The van der Waals surface area contributed by atoms with Crippen LogP contribution in [0.4, 0.5) is 0 Å². The molecule has 0 aliphatic heterocycles. The van der Waals surface area contributed by atoms with Gasteiger partial charge in [-0.05, 0) is 0 Å². The van der Waals surface area contributed by atoms with Gasteiger partial charge in [-0.3, -0.25) is 9.59 Å². The molecule has 0 heterocycles. The Hall–Kier alpha value is -2.22. The molecule has 2 heteroatoms. The first-order valence-corrected chi connectivity index (χ1v) is 7.55. The third kappa shape index (κ3) is 2.39. The summed E-state index contributed by atoms with van der Waals surface area (Å²) in [7, 11) is 0. The summed E-state index contributed by atoms with van der Waals surface area (Å²) >= 11 is 0. The molecule has 2 nitrogen and oxygen atoms in total. The first-order valence-electron chi connectivity index (χ1n) is 7.55. The van der Waals surface area contributed by atoms with Crippen LogP contribution in [-0.4, -0.2) is 11.6 Å². The van der Waals surface area contributed by atoms with E-state index in [0.717, 1.165) is 0 Å². The summed E-state index contributed by atoms with van der Waals surface area (Å²) in [6.45, 7) is 8.20. The van der Waals surface area contributed by atoms with Crippen LogP contribution in [0.5, 0.6) is 0 Å². The number of allylic oxidation sites excluding steroid dienone is 12. The van der Waals surface area contributed by atoms with Gasteiger partial charge >= 0.3 is 0 Å². The quantitative estimate of drug-likeness (QED) is 0.632. The lowest BCUT2D eigenvalue weighted by Crippen LogP contribution is -2.20. The van der Waals surface area contributed by atoms with Crippen LogP contribution in [0.1, 0.15) is 27.7 Å². The predicted octanol–water partition coefficient (Wildman–Crippen LogP) is 4.04. The van der Waals surface area contributed by atoms with Gasteiger partial charge in [0.15, 0.2) is 11.6 Å². The van der Waals surface area contributed by atoms with Gasteiger partial charge in [-0.15, -0.1) is 0 Å². The SMILES string of the molecule is CC1(C)C=CC2=C(C=C1)C(=O)C1=C(C=CC(C)(C)C=C1)C2=O. The monoisotopic (exact) mass is 292 g/mol. The minimum atomic E-state index is -0.164. The van der Waals surface area contributed by atoms with Crippen molar-refractivity contribution in [2.24, 2.45) is 10.8 Å². The van der Waals surface area contributed by atoms with E-state index in [2.05, 4.69) is 0 Å². The van der Waals surface area contributed by atoms with E-state index < -0.39 is 0 Å². The molecule has 0 amide bonds. The summed E-state index contributed by atoms with van der Waals surface area (Å²) in [4.78, 5) is 25.7. The fourth-order valence-corrected chi connectivity index (χ4v) is 2.74. The molecule has 0 aromatic rings. The standard InChI is InChI=1S/C20H20O2/c1-19(2)9-5-13-14(6-10-19)18(22)16-8-12-20(3,4)11-7-15(16)17(13)21/h5-12H,1-4H3. The number of ketones is 2. The molecular formula is C20H20O2. The van der Waals surface area contributed by atoms with Crippen molar-refractivity contribution in [3.63, 3.8) is 0 Å². The van der Waals surface area contributed by atoms with Crippen LogP contribution in [0.25, 0.3) is 0 Å². The number of carbonyl (C=O) groups is 2. The minimum Gasteiger partial charge on any atom is -0.289 e. The Balaban J connectivity index is 2.15. The van der Waals surface area contributed by atoms with E-state index in [4.69, 9.17) is 0 Å². The molecule has 112 valence electrons. The highest BCUT2D eigenvalue weighted by molar-refractivity contribution is 6.29. The van der Waals surface area contributed by atoms with Crippen LogP contribution in [0.15, 0.2) is 70.9 Å². The molecule has 0 unspecified atom stereocenters. The first-order chi connectivity index (χ1) is 10.2. The summed E-state index contributed by atoms with van der Waals surface area (Å²) in [5, 5.41) is 0. The van der Waals surface area contributed by atoms with Crippen molar-refractivity contribution in [1.82, 2.24) is 0 Å². The molecule has 0 aromatic carbocycles. The van der Waals surface area contributed by atoms with E-state index in [1.54, 1.807) is 24.3 Å². The van der Waals surface area contributed by atoms with Crippen molar-refractivity contribution in [2.75, 3.05) is 0 Å². The summed E-state index contributed by atoms with van der Waals surface area (Å²) in [6, 6.07) is 0. The first kappa shape index (κ1) is 14.7. The maximum absolute atomic E-state index is 12.8. The molecule has 0 spiro atoms. The van der Waals surface area contributed by atoms with Crippen molar-refractivity contribution in [1.29, 1.82) is 0 Å². The Morgan fingerprint density at radius 2 is 0.773 bits per heavy atom. The van der Waals surface area contributed by atoms with Gasteiger partial charge in [-0.2, -0.15) is 0 Å². The Labute approximate surface area is 131 Å². The number of hydrogen-bond acceptors (Lipinski definition) is 2. The zero-order valence-electron chi connectivity index (χ0n) is 13.4. The molecule has 0 fully saturated rings. The highest BCUT2D eigenvalue weighted by Crippen LogP contribution is 2.35. The second-order valence-electron chi connectivity index (χ2n) is 7.29. The third-order valence-electron chi connectivity index (χ3n) is 4.28. The molecule has 0 radical (unpaired) electrons. The number of carbonyl (C=O) groups excluding carboxylic acids is 2. The summed E-state index contributed by atoms with van der Waals surface area (Å²) in [5.41, 5.74) is 1.68. The van der Waals surface area contributed by atoms with E-state index in [0.29, 0.717) is 22.3 Å². The molecule has 0 aromatic heterocycles. The van der Waals surface area contributed by atoms with E-state index in [9.17, 15) is 9.59 Å². The van der Waals surface area contributed by atoms with Crippen molar-refractivity contribution in [3.05, 3.63) is 70.9 Å². The van der Waals surface area contributed by atoms with Gasteiger partial charge in [0, 0.05) is 33.1 Å². The average Bonchev–Trinajstić information content (AvgIpc) is 2.68. The second kappa shape index (κ2) is 4.64. The Bertz CT molecular complexity index is 638. The fraction of sp³-hybridized carbons (Fsp3) is 0.300. The van der Waals surface area contributed by atoms with Gasteiger partial charge < -0.3 is 0 Å². The zero-order valence-corrected chi connectivity index (χ0v) is 13.4. The maximum Gasteiger partial charge on any atom is 0.194 e. The van der Waals surface area contributed by atoms with E-state index in [1.165, 1.54) is 0 Å². The van der Waals surface area contributed by atoms with Crippen molar-refractivity contribution >= 4 is 11.6 Å². The zero-order chi connectivity index (χ0) is 16.1. The molecular weight excluding hydrogens is 272 g/mol. The molecule has 0 bridgehead atoms. The van der Waals surface area contributed by atoms with Crippen LogP contribution in [0.2, 0.25) is 0 Å². The number of hydrogen-bond donors (Lipinski definition) is 0. The molecule has 3 rings (SSSR count). The van der Waals surface area contributed by atoms with Crippen LogP contribution in [0.3, 0.4) is 0 Å². The van der Waals surface area contributed by atoms with Crippen molar-refractivity contribution < 1.29 is 9.59 Å². The van der Waals surface area contributed by atoms with Gasteiger partial charge in [-0.25, -0.2) is 0 Å². The van der Waals surface area contributed by atoms with Gasteiger partial charge in [0.1, 0.15) is 0 Å². The maximum atomic E-state index is 12.8. The van der Waals surface area contributed by atoms with E-state index >= 15 is 0 Å². The van der Waals surface area contributed by atoms with Crippen molar-refractivity contribution in [2.45, 2.75) is 27.7 Å². The fourth-order valence-electron chi connectivity index (χ4n) is 2.74. The van der Waals surface area contributed by atoms with Gasteiger partial charge in [0.25, 0.3) is 0 Å². The highest BCUT2D eigenvalue weighted by atomic mass is 16.1. The normalized spacial score (nSPS) is 25.1. The lowest BCUT2D eigenvalue weighted by Gasteiger charge is -2.16. The average molecular weight is 292 g/mol. The molecule has 3 aliphatic rings. The Morgan fingerprint density at radius 1 is 0.545 bits per heavy atom. The highest BCUT2D eigenvalue weighted by Gasteiger charge is 2.33. The molecule has 3 aliphatic carbocycles. The molecule has 0 saturated heterocycles. The van der Waals surface area contributed by atoms with E-state index in [1.807, 2.05) is 52.0 Å². The van der Waals surface area contributed by atoms with Crippen LogP contribution in [-0.2, 0) is 9.59 Å². The lowest BCUT2D eigenvalue weighted by molar-refractivity contribution is -0.115. The van der Waals surface area contributed by atoms with Gasteiger partial charge in [-0.1, -0.05) is 76.3 Å². The molecule has 0 N–H and O–H groups in total. The predicted molar refractivity (Wildman–Crippen MR) is 88.2 cm³/mol. The number of Topliss-reactive ketones (excluding diaryl/α,β-unsaturated/α-hetero) is 2. The topological polar surface area (TPSA) is 34.1 Å². The van der Waals surface area contributed by atoms with Crippen molar-refractivity contribution in [3.8, 4) is 0 Å². The summed E-state index contributed by atoms with van der Waals surface area (Å²) in [6.07, 6.45) is 15.1. The molecule has 22 heavy (non-hydrogen) atoms. The molecule has 0 atom stereocenters. The lowest BCUT2D eigenvalue weighted by atomic mass is 9.84. The summed E-state index contributed by atoms with van der Waals surface area (Å²) in [5.74, 6) is -0.136.